The van der Waals surface area contributed by atoms with E-state index in [0.717, 1.165) is 67.8 Å². The van der Waals surface area contributed by atoms with Gasteiger partial charge in [0.15, 0.2) is 11.5 Å². The van der Waals surface area contributed by atoms with Gasteiger partial charge in [-0.15, -0.1) is 0 Å². The number of methoxy groups -OCH3 is 3. The Labute approximate surface area is 200 Å². The summed E-state index contributed by atoms with van der Waals surface area (Å²) in [7, 11) is 4.94. The molecule has 1 saturated heterocycles. The van der Waals surface area contributed by atoms with Gasteiger partial charge in [-0.2, -0.15) is 0 Å². The lowest BCUT2D eigenvalue weighted by atomic mass is 10.1. The third kappa shape index (κ3) is 4.32. The Morgan fingerprint density at radius 2 is 1.88 bits per heavy atom. The SMILES string of the molecule is COc1ccc2[nH]cc(CCCN3CCC(CN4Cc5cc(OC)c(OC)cc5C4=O)C3)c2c1. The molecule has 7 heteroatoms. The quantitative estimate of drug-likeness (QED) is 0.518. The Hall–Kier alpha value is -3.19. The van der Waals surface area contributed by atoms with E-state index in [0.29, 0.717) is 24.0 Å². The van der Waals surface area contributed by atoms with Crippen molar-refractivity contribution in [2.75, 3.05) is 47.5 Å². The van der Waals surface area contributed by atoms with Gasteiger partial charge >= 0.3 is 0 Å². The Morgan fingerprint density at radius 1 is 1.06 bits per heavy atom. The number of hydrogen-bond donors (Lipinski definition) is 1. The van der Waals surface area contributed by atoms with Gasteiger partial charge in [-0.05, 0) is 79.7 Å². The predicted molar refractivity (Wildman–Crippen MR) is 132 cm³/mol. The maximum atomic E-state index is 13.0. The predicted octanol–water partition coefficient (Wildman–Crippen LogP) is 4.10. The highest BCUT2D eigenvalue weighted by molar-refractivity contribution is 5.99. The zero-order valence-electron chi connectivity index (χ0n) is 20.2. The lowest BCUT2D eigenvalue weighted by molar-refractivity contribution is 0.0752. The second-order valence-corrected chi connectivity index (χ2v) is 9.33. The molecular weight excluding hydrogens is 430 g/mol. The van der Waals surface area contributed by atoms with Crippen LogP contribution in [0.5, 0.6) is 17.2 Å². The molecule has 1 fully saturated rings. The number of ether oxygens (including phenoxy) is 3. The monoisotopic (exact) mass is 463 g/mol. The van der Waals surface area contributed by atoms with Crippen molar-refractivity contribution in [1.82, 2.24) is 14.8 Å². The highest BCUT2D eigenvalue weighted by Gasteiger charge is 2.33. The first-order valence-corrected chi connectivity index (χ1v) is 12.0. The molecule has 3 heterocycles. The van der Waals surface area contributed by atoms with E-state index in [1.54, 1.807) is 21.3 Å². The number of aromatic amines is 1. The fraction of sp³-hybridized carbons (Fsp3) is 0.444. The van der Waals surface area contributed by atoms with Crippen LogP contribution in [0.2, 0.25) is 0 Å². The molecule has 7 nitrogen and oxygen atoms in total. The smallest absolute Gasteiger partial charge is 0.254 e. The van der Waals surface area contributed by atoms with E-state index in [4.69, 9.17) is 14.2 Å². The highest BCUT2D eigenvalue weighted by atomic mass is 16.5. The van der Waals surface area contributed by atoms with Crippen molar-refractivity contribution in [3.05, 3.63) is 53.2 Å². The van der Waals surface area contributed by atoms with Crippen molar-refractivity contribution in [2.45, 2.75) is 25.8 Å². The minimum absolute atomic E-state index is 0.101. The summed E-state index contributed by atoms with van der Waals surface area (Å²) in [6.07, 6.45) is 5.41. The lowest BCUT2D eigenvalue weighted by Gasteiger charge is -2.21. The zero-order chi connectivity index (χ0) is 23.7. The molecule has 1 atom stereocenters. The third-order valence-corrected chi connectivity index (χ3v) is 7.23. The van der Waals surface area contributed by atoms with Crippen molar-refractivity contribution in [2.24, 2.45) is 5.92 Å². The van der Waals surface area contributed by atoms with Crippen molar-refractivity contribution in [3.63, 3.8) is 0 Å². The highest BCUT2D eigenvalue weighted by Crippen LogP contribution is 2.35. The van der Waals surface area contributed by atoms with E-state index in [1.165, 1.54) is 10.9 Å². The first-order chi connectivity index (χ1) is 16.6. The Kier molecular flexibility index (Phi) is 6.37. The summed E-state index contributed by atoms with van der Waals surface area (Å²) < 4.78 is 16.2. The van der Waals surface area contributed by atoms with E-state index in [9.17, 15) is 4.79 Å². The number of likely N-dealkylation sites (tertiary alicyclic amines) is 1. The summed E-state index contributed by atoms with van der Waals surface area (Å²) in [6.45, 7) is 4.68. The van der Waals surface area contributed by atoms with Crippen LogP contribution >= 0.6 is 0 Å². The number of hydrogen-bond acceptors (Lipinski definition) is 5. The van der Waals surface area contributed by atoms with Crippen LogP contribution in [0.15, 0.2) is 36.5 Å². The minimum Gasteiger partial charge on any atom is -0.497 e. The van der Waals surface area contributed by atoms with Gasteiger partial charge in [0.1, 0.15) is 5.75 Å². The fourth-order valence-electron chi connectivity index (χ4n) is 5.41. The summed E-state index contributed by atoms with van der Waals surface area (Å²) in [5.74, 6) is 2.79. The maximum absolute atomic E-state index is 13.0. The van der Waals surface area contributed by atoms with E-state index in [1.807, 2.05) is 23.1 Å². The molecule has 3 aromatic rings. The van der Waals surface area contributed by atoms with Crippen LogP contribution in [0.1, 0.15) is 34.3 Å². The molecule has 0 bridgehead atoms. The molecule has 5 rings (SSSR count). The Morgan fingerprint density at radius 3 is 2.68 bits per heavy atom. The largest absolute Gasteiger partial charge is 0.497 e. The first kappa shape index (κ1) is 22.6. The van der Waals surface area contributed by atoms with Crippen molar-refractivity contribution >= 4 is 16.8 Å². The standard InChI is InChI=1S/C27H33N3O4/c1-32-21-6-7-24-22(12-21)19(14-28-24)5-4-9-29-10-8-18(15-29)16-30-17-20-11-25(33-2)26(34-3)13-23(20)27(30)31/h6-7,11-14,18,28H,4-5,8-10,15-17H2,1-3H3. The maximum Gasteiger partial charge on any atom is 0.254 e. The average molecular weight is 464 g/mol. The number of rotatable bonds is 9. The van der Waals surface area contributed by atoms with Gasteiger partial charge in [0.2, 0.25) is 0 Å². The zero-order valence-corrected chi connectivity index (χ0v) is 20.2. The number of nitrogens with zero attached hydrogens (tertiary/aromatic N) is 2. The molecule has 1 aromatic heterocycles. The number of aromatic nitrogens is 1. The molecule has 2 aromatic carbocycles. The number of H-pyrrole nitrogens is 1. The molecule has 1 N–H and O–H groups in total. The minimum atomic E-state index is 0.101. The van der Waals surface area contributed by atoms with Crippen LogP contribution in [0.4, 0.5) is 0 Å². The third-order valence-electron chi connectivity index (χ3n) is 7.23. The average Bonchev–Trinajstić information content (AvgIpc) is 3.56. The van der Waals surface area contributed by atoms with Gasteiger partial charge in [-0.25, -0.2) is 0 Å². The molecule has 0 aliphatic carbocycles. The van der Waals surface area contributed by atoms with Crippen LogP contribution in [0.25, 0.3) is 10.9 Å². The van der Waals surface area contributed by atoms with Gasteiger partial charge in [-0.1, -0.05) is 0 Å². The summed E-state index contributed by atoms with van der Waals surface area (Å²) in [5.41, 5.74) is 4.26. The van der Waals surface area contributed by atoms with Crippen LogP contribution < -0.4 is 14.2 Å². The van der Waals surface area contributed by atoms with E-state index in [-0.39, 0.29) is 5.91 Å². The normalized spacial score (nSPS) is 18.0. The number of carbonyl (C=O) groups excluding carboxylic acids is 1. The lowest BCUT2D eigenvalue weighted by Crippen LogP contribution is -2.31. The molecule has 0 saturated carbocycles. The summed E-state index contributed by atoms with van der Waals surface area (Å²) in [6, 6.07) is 9.94. The van der Waals surface area contributed by atoms with E-state index < -0.39 is 0 Å². The van der Waals surface area contributed by atoms with Gasteiger partial charge in [-0.3, -0.25) is 4.79 Å². The van der Waals surface area contributed by atoms with Gasteiger partial charge in [0.25, 0.3) is 5.91 Å². The Balaban J connectivity index is 1.13. The van der Waals surface area contributed by atoms with Gasteiger partial charge in [0.05, 0.1) is 21.3 Å². The molecule has 2 aliphatic heterocycles. The number of benzene rings is 2. The van der Waals surface area contributed by atoms with Crippen LogP contribution in [0, 0.1) is 5.92 Å². The van der Waals surface area contributed by atoms with Gasteiger partial charge < -0.3 is 29.0 Å². The molecule has 180 valence electrons. The molecule has 34 heavy (non-hydrogen) atoms. The molecule has 0 radical (unpaired) electrons. The van der Waals surface area contributed by atoms with Crippen molar-refractivity contribution in [3.8, 4) is 17.2 Å². The number of fused-ring (bicyclic) bond motifs is 2. The molecular formula is C27H33N3O4. The van der Waals surface area contributed by atoms with E-state index in [2.05, 4.69) is 28.2 Å². The first-order valence-electron chi connectivity index (χ1n) is 12.0. The molecule has 1 amide bonds. The van der Waals surface area contributed by atoms with Gasteiger partial charge in [0, 0.05) is 42.3 Å². The molecule has 0 spiro atoms. The molecule has 1 unspecified atom stereocenters. The van der Waals surface area contributed by atoms with E-state index >= 15 is 0 Å². The Bertz CT molecular complexity index is 1190. The number of carbonyl (C=O) groups is 1. The summed E-state index contributed by atoms with van der Waals surface area (Å²) >= 11 is 0. The van der Waals surface area contributed by atoms with Crippen LogP contribution in [0.3, 0.4) is 0 Å². The topological polar surface area (TPSA) is 67.0 Å². The number of amides is 1. The van der Waals surface area contributed by atoms with Crippen LogP contribution in [-0.4, -0.2) is 68.2 Å². The number of nitrogens with one attached hydrogen (secondary N) is 1. The van der Waals surface area contributed by atoms with Crippen molar-refractivity contribution in [1.29, 1.82) is 0 Å². The number of aryl methyl sites for hydroxylation is 1. The fourth-order valence-corrected chi connectivity index (χ4v) is 5.41. The van der Waals surface area contributed by atoms with Crippen LogP contribution in [-0.2, 0) is 13.0 Å². The second-order valence-electron chi connectivity index (χ2n) is 9.33. The van der Waals surface area contributed by atoms with Crippen molar-refractivity contribution < 1.29 is 19.0 Å². The molecule has 2 aliphatic rings. The summed E-state index contributed by atoms with van der Waals surface area (Å²) in [4.78, 5) is 20.9. The summed E-state index contributed by atoms with van der Waals surface area (Å²) in [5, 5.41) is 1.25. The second kappa shape index (κ2) is 9.58.